The summed E-state index contributed by atoms with van der Waals surface area (Å²) in [7, 11) is 1.72. The molecule has 5 heteroatoms. The van der Waals surface area contributed by atoms with Gasteiger partial charge in [0, 0.05) is 24.3 Å². The molecule has 0 saturated carbocycles. The summed E-state index contributed by atoms with van der Waals surface area (Å²) in [4.78, 5) is 5.97. The van der Waals surface area contributed by atoms with Gasteiger partial charge in [-0.2, -0.15) is 11.8 Å². The zero-order valence-electron chi connectivity index (χ0n) is 11.1. The lowest BCUT2D eigenvalue weighted by molar-refractivity contribution is 0.181. The largest absolute Gasteiger partial charge is 0.378 e. The predicted molar refractivity (Wildman–Crippen MR) is 76.6 cm³/mol. The summed E-state index contributed by atoms with van der Waals surface area (Å²) in [5.74, 6) is 1.01. The minimum absolute atomic E-state index is 0.615. The number of aromatic nitrogens is 1. The molecule has 1 N–H and O–H groups in total. The molecule has 0 aliphatic rings. The summed E-state index contributed by atoms with van der Waals surface area (Å²) in [5, 5.41) is 5.22. The second kappa shape index (κ2) is 8.08. The monoisotopic (exact) mass is 274 g/mol. The first kappa shape index (κ1) is 15.0. The lowest BCUT2D eigenvalue weighted by Crippen LogP contribution is -2.12. The van der Waals surface area contributed by atoms with Crippen molar-refractivity contribution in [2.24, 2.45) is 0 Å². The van der Waals surface area contributed by atoms with Gasteiger partial charge < -0.3 is 10.1 Å². The fraction of sp³-hybridized carbons (Fsp3) is 0.750. The van der Waals surface area contributed by atoms with Gasteiger partial charge in [-0.05, 0) is 11.8 Å². The number of rotatable bonds is 8. The molecule has 1 aromatic rings. The Hall–Kier alpha value is -0.100. The lowest BCUT2D eigenvalue weighted by atomic mass is 10.3. The quantitative estimate of drug-likeness (QED) is 0.790. The molecular formula is C12H22N2OS2. The van der Waals surface area contributed by atoms with E-state index in [-0.39, 0.29) is 0 Å². The van der Waals surface area contributed by atoms with Crippen LogP contribution in [0.4, 0.5) is 0 Å². The molecule has 17 heavy (non-hydrogen) atoms. The van der Waals surface area contributed by atoms with Crippen LogP contribution in [0.5, 0.6) is 0 Å². The van der Waals surface area contributed by atoms with Crippen LogP contribution in [0, 0.1) is 0 Å². The molecule has 0 bridgehead atoms. The Balaban J connectivity index is 2.65. The van der Waals surface area contributed by atoms with Gasteiger partial charge in [-0.15, -0.1) is 11.3 Å². The van der Waals surface area contributed by atoms with Crippen LogP contribution in [-0.2, 0) is 23.6 Å². The maximum atomic E-state index is 5.20. The topological polar surface area (TPSA) is 34.2 Å². The second-order valence-electron chi connectivity index (χ2n) is 4.05. The first-order valence-electron chi connectivity index (χ1n) is 5.96. The number of ether oxygens (including phenoxy) is 1. The van der Waals surface area contributed by atoms with E-state index in [0.717, 1.165) is 24.5 Å². The van der Waals surface area contributed by atoms with Crippen molar-refractivity contribution >= 4 is 23.1 Å². The highest BCUT2D eigenvalue weighted by atomic mass is 32.2. The van der Waals surface area contributed by atoms with Crippen molar-refractivity contribution in [3.8, 4) is 0 Å². The minimum atomic E-state index is 0.615. The van der Waals surface area contributed by atoms with E-state index in [1.807, 2.05) is 11.8 Å². The molecule has 0 unspecified atom stereocenters. The Morgan fingerprint density at radius 1 is 1.47 bits per heavy atom. The number of nitrogens with zero attached hydrogens (tertiary/aromatic N) is 1. The molecule has 0 spiro atoms. The van der Waals surface area contributed by atoms with E-state index in [1.54, 1.807) is 18.4 Å². The minimum Gasteiger partial charge on any atom is -0.378 e. The van der Waals surface area contributed by atoms with Crippen LogP contribution in [0.1, 0.15) is 36.3 Å². The standard InChI is InChI=1S/C12H22N2OS2/c1-5-13-6-11-10(7-15-4)14-12(17-11)8-16-9(2)3/h9,13H,5-8H2,1-4H3. The van der Waals surface area contributed by atoms with E-state index in [0.29, 0.717) is 11.9 Å². The zero-order chi connectivity index (χ0) is 12.7. The summed E-state index contributed by atoms with van der Waals surface area (Å²) < 4.78 is 5.20. The highest BCUT2D eigenvalue weighted by molar-refractivity contribution is 7.99. The first-order chi connectivity index (χ1) is 8.17. The Morgan fingerprint density at radius 3 is 2.82 bits per heavy atom. The Bertz CT molecular complexity index is 326. The normalized spacial score (nSPS) is 11.4. The zero-order valence-corrected chi connectivity index (χ0v) is 12.7. The molecule has 98 valence electrons. The smallest absolute Gasteiger partial charge is 0.103 e. The van der Waals surface area contributed by atoms with E-state index in [2.05, 4.69) is 31.1 Å². The van der Waals surface area contributed by atoms with Crippen LogP contribution in [-0.4, -0.2) is 23.9 Å². The van der Waals surface area contributed by atoms with E-state index in [4.69, 9.17) is 4.74 Å². The Kier molecular flexibility index (Phi) is 7.11. The third kappa shape index (κ3) is 5.38. The van der Waals surface area contributed by atoms with Crippen LogP contribution in [0.3, 0.4) is 0 Å². The third-order valence-electron chi connectivity index (χ3n) is 2.18. The predicted octanol–water partition coefficient (Wildman–Crippen LogP) is 3.04. The Labute approximate surface area is 112 Å². The van der Waals surface area contributed by atoms with E-state index < -0.39 is 0 Å². The molecule has 0 aliphatic carbocycles. The molecule has 0 radical (unpaired) electrons. The molecule has 0 fully saturated rings. The van der Waals surface area contributed by atoms with Crippen molar-refractivity contribution in [3.63, 3.8) is 0 Å². The molecule has 0 amide bonds. The molecule has 1 rings (SSSR count). The highest BCUT2D eigenvalue weighted by Crippen LogP contribution is 2.25. The van der Waals surface area contributed by atoms with Gasteiger partial charge in [-0.1, -0.05) is 20.8 Å². The molecule has 0 saturated heterocycles. The van der Waals surface area contributed by atoms with Crippen LogP contribution in [0.25, 0.3) is 0 Å². The van der Waals surface area contributed by atoms with Crippen molar-refractivity contribution in [1.29, 1.82) is 0 Å². The average molecular weight is 274 g/mol. The first-order valence-corrected chi connectivity index (χ1v) is 7.82. The van der Waals surface area contributed by atoms with Crippen LogP contribution in [0.2, 0.25) is 0 Å². The maximum Gasteiger partial charge on any atom is 0.103 e. The molecule has 0 aliphatic heterocycles. The summed E-state index contributed by atoms with van der Waals surface area (Å²) in [5.41, 5.74) is 1.10. The molecule has 0 atom stereocenters. The number of nitrogens with one attached hydrogen (secondary N) is 1. The molecular weight excluding hydrogens is 252 g/mol. The van der Waals surface area contributed by atoms with Crippen molar-refractivity contribution in [3.05, 3.63) is 15.6 Å². The number of thiazole rings is 1. The van der Waals surface area contributed by atoms with Gasteiger partial charge in [0.1, 0.15) is 5.01 Å². The van der Waals surface area contributed by atoms with Gasteiger partial charge in [-0.3, -0.25) is 0 Å². The summed E-state index contributed by atoms with van der Waals surface area (Å²) >= 11 is 3.74. The average Bonchev–Trinajstić information content (AvgIpc) is 2.67. The van der Waals surface area contributed by atoms with Crippen LogP contribution < -0.4 is 5.32 Å². The number of methoxy groups -OCH3 is 1. The summed E-state index contributed by atoms with van der Waals surface area (Å²) in [6, 6.07) is 0. The Morgan fingerprint density at radius 2 is 2.24 bits per heavy atom. The molecule has 1 aromatic heterocycles. The number of hydrogen-bond acceptors (Lipinski definition) is 5. The number of hydrogen-bond donors (Lipinski definition) is 1. The van der Waals surface area contributed by atoms with Gasteiger partial charge in [-0.25, -0.2) is 4.98 Å². The lowest BCUT2D eigenvalue weighted by Gasteiger charge is -2.00. The molecule has 1 heterocycles. The summed E-state index contributed by atoms with van der Waals surface area (Å²) in [6.45, 7) is 9.05. The van der Waals surface area contributed by atoms with Gasteiger partial charge in [0.05, 0.1) is 12.3 Å². The maximum absolute atomic E-state index is 5.20. The SMILES string of the molecule is CCNCc1sc(CSC(C)C)nc1COC. The van der Waals surface area contributed by atoms with Crippen molar-refractivity contribution in [1.82, 2.24) is 10.3 Å². The van der Waals surface area contributed by atoms with E-state index in [1.165, 1.54) is 9.88 Å². The second-order valence-corrected chi connectivity index (χ2v) is 6.78. The molecule has 0 aromatic carbocycles. The fourth-order valence-electron chi connectivity index (χ4n) is 1.36. The van der Waals surface area contributed by atoms with Gasteiger partial charge in [0.2, 0.25) is 0 Å². The van der Waals surface area contributed by atoms with Crippen LogP contribution >= 0.6 is 23.1 Å². The van der Waals surface area contributed by atoms with E-state index >= 15 is 0 Å². The van der Waals surface area contributed by atoms with Crippen molar-refractivity contribution in [2.75, 3.05) is 13.7 Å². The van der Waals surface area contributed by atoms with Crippen LogP contribution in [0.15, 0.2) is 0 Å². The highest BCUT2D eigenvalue weighted by Gasteiger charge is 2.11. The van der Waals surface area contributed by atoms with Crippen molar-refractivity contribution in [2.45, 2.75) is 44.9 Å². The third-order valence-corrected chi connectivity index (χ3v) is 4.57. The fourth-order valence-corrected chi connectivity index (χ4v) is 3.18. The number of thioether (sulfide) groups is 1. The molecule has 3 nitrogen and oxygen atoms in total. The van der Waals surface area contributed by atoms with Crippen molar-refractivity contribution < 1.29 is 4.74 Å². The van der Waals surface area contributed by atoms with Gasteiger partial charge in [0.25, 0.3) is 0 Å². The van der Waals surface area contributed by atoms with E-state index in [9.17, 15) is 0 Å². The van der Waals surface area contributed by atoms with Gasteiger partial charge in [0.15, 0.2) is 0 Å². The van der Waals surface area contributed by atoms with Gasteiger partial charge >= 0.3 is 0 Å². The summed E-state index contributed by atoms with van der Waals surface area (Å²) in [6.07, 6.45) is 0.